The number of aromatic nitrogens is 4. The summed E-state index contributed by atoms with van der Waals surface area (Å²) in [6.07, 6.45) is 4.10. The maximum Gasteiger partial charge on any atom is 0.278 e. The molecular formula is C18H22N6O. The van der Waals surface area contributed by atoms with Gasteiger partial charge in [0.15, 0.2) is 5.69 Å². The van der Waals surface area contributed by atoms with E-state index >= 15 is 0 Å². The van der Waals surface area contributed by atoms with E-state index in [4.69, 9.17) is 0 Å². The lowest BCUT2D eigenvalue weighted by atomic mass is 10.1. The van der Waals surface area contributed by atoms with E-state index in [-0.39, 0.29) is 5.91 Å². The Morgan fingerprint density at radius 1 is 1.36 bits per heavy atom. The lowest BCUT2D eigenvalue weighted by molar-refractivity contribution is 0.101. The van der Waals surface area contributed by atoms with E-state index in [1.165, 1.54) is 0 Å². The Morgan fingerprint density at radius 3 is 3.04 bits per heavy atom. The number of rotatable bonds is 4. The molecule has 1 aliphatic heterocycles. The van der Waals surface area contributed by atoms with Gasteiger partial charge in [-0.15, -0.1) is 0 Å². The second-order valence-electron chi connectivity index (χ2n) is 6.30. The quantitative estimate of drug-likeness (QED) is 0.766. The lowest BCUT2D eigenvalue weighted by Crippen LogP contribution is -2.32. The molecule has 1 unspecified atom stereocenters. The third-order valence-corrected chi connectivity index (χ3v) is 4.68. The van der Waals surface area contributed by atoms with Gasteiger partial charge in [-0.25, -0.2) is 4.98 Å². The highest BCUT2D eigenvalue weighted by Crippen LogP contribution is 2.20. The Bertz CT molecular complexity index is 890. The fourth-order valence-corrected chi connectivity index (χ4v) is 3.38. The van der Waals surface area contributed by atoms with Crippen LogP contribution in [0.15, 0.2) is 36.5 Å². The third-order valence-electron chi connectivity index (χ3n) is 4.68. The molecule has 2 aromatic heterocycles. The molecule has 3 aromatic rings. The first-order chi connectivity index (χ1) is 12.3. The molecule has 0 bridgehead atoms. The van der Waals surface area contributed by atoms with Gasteiger partial charge in [-0.1, -0.05) is 12.1 Å². The molecule has 0 saturated carbocycles. The molecular weight excluding hydrogens is 316 g/mol. The lowest BCUT2D eigenvalue weighted by Gasteiger charge is -2.22. The first-order valence-electron chi connectivity index (χ1n) is 8.78. The molecule has 25 heavy (non-hydrogen) atoms. The van der Waals surface area contributed by atoms with Gasteiger partial charge in [0.2, 0.25) is 5.95 Å². The summed E-state index contributed by atoms with van der Waals surface area (Å²) in [5.41, 5.74) is 2.30. The van der Waals surface area contributed by atoms with Gasteiger partial charge in [-0.3, -0.25) is 14.8 Å². The number of benzene rings is 1. The highest BCUT2D eigenvalue weighted by Gasteiger charge is 2.19. The molecule has 1 atom stereocenters. The van der Waals surface area contributed by atoms with Gasteiger partial charge in [-0.2, -0.15) is 5.10 Å². The zero-order valence-corrected chi connectivity index (χ0v) is 14.3. The van der Waals surface area contributed by atoms with Crippen molar-refractivity contribution in [1.29, 1.82) is 0 Å². The van der Waals surface area contributed by atoms with E-state index in [2.05, 4.69) is 20.7 Å². The fraction of sp³-hybridized carbons (Fsp3) is 0.389. The smallest absolute Gasteiger partial charge is 0.278 e. The molecule has 7 nitrogen and oxygen atoms in total. The van der Waals surface area contributed by atoms with Gasteiger partial charge >= 0.3 is 0 Å². The van der Waals surface area contributed by atoms with Crippen LogP contribution in [0.2, 0.25) is 0 Å². The van der Waals surface area contributed by atoms with E-state index in [1.807, 2.05) is 46.6 Å². The van der Waals surface area contributed by atoms with Crippen LogP contribution in [-0.2, 0) is 6.54 Å². The molecule has 0 radical (unpaired) electrons. The summed E-state index contributed by atoms with van der Waals surface area (Å²) in [7, 11) is 0. The predicted octanol–water partition coefficient (Wildman–Crippen LogP) is 2.43. The highest BCUT2D eigenvalue weighted by molar-refractivity contribution is 6.02. The van der Waals surface area contributed by atoms with Crippen LogP contribution in [0, 0.1) is 0 Å². The third kappa shape index (κ3) is 3.02. The van der Waals surface area contributed by atoms with Gasteiger partial charge in [0.05, 0.1) is 17.1 Å². The van der Waals surface area contributed by atoms with Gasteiger partial charge in [0.25, 0.3) is 5.91 Å². The van der Waals surface area contributed by atoms with E-state index in [9.17, 15) is 4.79 Å². The maximum absolute atomic E-state index is 12.6. The van der Waals surface area contributed by atoms with E-state index < -0.39 is 0 Å². The minimum Gasteiger partial charge on any atom is -0.315 e. The SMILES string of the molecule is CCn1c(NC(=O)c2ccn(C3CCCNC3)n2)nc2ccccc21. The number of fused-ring (bicyclic) bond motifs is 1. The van der Waals surface area contributed by atoms with Crippen LogP contribution in [0.25, 0.3) is 11.0 Å². The predicted molar refractivity (Wildman–Crippen MR) is 96.7 cm³/mol. The molecule has 0 aliphatic carbocycles. The van der Waals surface area contributed by atoms with Crippen LogP contribution >= 0.6 is 0 Å². The zero-order chi connectivity index (χ0) is 17.2. The number of nitrogens with zero attached hydrogens (tertiary/aromatic N) is 4. The number of hydrogen-bond acceptors (Lipinski definition) is 4. The second kappa shape index (κ2) is 6.68. The summed E-state index contributed by atoms with van der Waals surface area (Å²) in [6.45, 7) is 4.72. The van der Waals surface area contributed by atoms with E-state index in [1.54, 1.807) is 6.07 Å². The van der Waals surface area contributed by atoms with Crippen LogP contribution in [0.5, 0.6) is 0 Å². The topological polar surface area (TPSA) is 76.8 Å². The van der Waals surface area contributed by atoms with Crippen molar-refractivity contribution in [2.24, 2.45) is 0 Å². The largest absolute Gasteiger partial charge is 0.315 e. The van der Waals surface area contributed by atoms with Crippen LogP contribution in [0.4, 0.5) is 5.95 Å². The molecule has 1 amide bonds. The number of para-hydroxylation sites is 2. The second-order valence-corrected chi connectivity index (χ2v) is 6.30. The molecule has 7 heteroatoms. The number of hydrogen-bond donors (Lipinski definition) is 2. The van der Waals surface area contributed by atoms with Crippen molar-refractivity contribution in [3.8, 4) is 0 Å². The Kier molecular flexibility index (Phi) is 4.23. The van der Waals surface area contributed by atoms with Crippen LogP contribution in [-0.4, -0.2) is 38.3 Å². The van der Waals surface area contributed by atoms with E-state index in [0.29, 0.717) is 17.7 Å². The average molecular weight is 338 g/mol. The number of amides is 1. The van der Waals surface area contributed by atoms with Crippen molar-refractivity contribution in [1.82, 2.24) is 24.6 Å². The molecule has 3 heterocycles. The fourth-order valence-electron chi connectivity index (χ4n) is 3.38. The first kappa shape index (κ1) is 15.8. The Hall–Kier alpha value is -2.67. The number of piperidine rings is 1. The molecule has 1 saturated heterocycles. The minimum absolute atomic E-state index is 0.229. The zero-order valence-electron chi connectivity index (χ0n) is 14.3. The van der Waals surface area contributed by atoms with Crippen molar-refractivity contribution in [3.63, 3.8) is 0 Å². The van der Waals surface area contributed by atoms with Gasteiger partial charge < -0.3 is 9.88 Å². The van der Waals surface area contributed by atoms with Crippen molar-refractivity contribution in [2.45, 2.75) is 32.4 Å². The first-order valence-corrected chi connectivity index (χ1v) is 8.78. The summed E-state index contributed by atoms with van der Waals surface area (Å²) in [5, 5.41) is 10.7. The van der Waals surface area contributed by atoms with Gasteiger partial charge in [-0.05, 0) is 44.5 Å². The summed E-state index contributed by atoms with van der Waals surface area (Å²) in [4.78, 5) is 17.1. The molecule has 1 fully saturated rings. The summed E-state index contributed by atoms with van der Waals surface area (Å²) in [5.74, 6) is 0.329. The van der Waals surface area contributed by atoms with Crippen LogP contribution in [0.1, 0.15) is 36.3 Å². The number of carbonyl (C=O) groups excluding carboxylic acids is 1. The average Bonchev–Trinajstić information content (AvgIpc) is 3.27. The summed E-state index contributed by atoms with van der Waals surface area (Å²) >= 11 is 0. The van der Waals surface area contributed by atoms with Crippen molar-refractivity contribution >= 4 is 22.9 Å². The summed E-state index contributed by atoms with van der Waals surface area (Å²) in [6, 6.07) is 9.95. The van der Waals surface area contributed by atoms with Gasteiger partial charge in [0.1, 0.15) is 0 Å². The molecule has 4 rings (SSSR count). The Labute approximate surface area is 146 Å². The minimum atomic E-state index is -0.229. The monoisotopic (exact) mass is 338 g/mol. The molecule has 130 valence electrons. The van der Waals surface area contributed by atoms with Gasteiger partial charge in [0, 0.05) is 19.3 Å². The number of imidazole rings is 1. The molecule has 1 aromatic carbocycles. The van der Waals surface area contributed by atoms with Crippen LogP contribution < -0.4 is 10.6 Å². The van der Waals surface area contributed by atoms with Crippen molar-refractivity contribution in [3.05, 3.63) is 42.2 Å². The normalized spacial score (nSPS) is 17.7. The Morgan fingerprint density at radius 2 is 2.24 bits per heavy atom. The molecule has 2 N–H and O–H groups in total. The van der Waals surface area contributed by atoms with E-state index in [0.717, 1.165) is 43.5 Å². The molecule has 1 aliphatic rings. The highest BCUT2D eigenvalue weighted by atomic mass is 16.2. The molecule has 0 spiro atoms. The number of carbonyl (C=O) groups is 1. The maximum atomic E-state index is 12.6. The number of nitrogens with one attached hydrogen (secondary N) is 2. The van der Waals surface area contributed by atoms with Crippen LogP contribution in [0.3, 0.4) is 0 Å². The summed E-state index contributed by atoms with van der Waals surface area (Å²) < 4.78 is 3.89. The number of aryl methyl sites for hydroxylation is 1. The number of anilines is 1. The standard InChI is InChI=1S/C18H22N6O/c1-2-23-16-8-4-3-7-14(16)20-18(23)21-17(25)15-9-11-24(22-15)13-6-5-10-19-12-13/h3-4,7-9,11,13,19H,2,5-6,10,12H2,1H3,(H,20,21,25). The van der Waals surface area contributed by atoms with Crippen molar-refractivity contribution in [2.75, 3.05) is 18.4 Å². The Balaban J connectivity index is 1.55. The van der Waals surface area contributed by atoms with Crippen molar-refractivity contribution < 1.29 is 4.79 Å².